The van der Waals surface area contributed by atoms with E-state index < -0.39 is 0 Å². The van der Waals surface area contributed by atoms with Crippen LogP contribution in [0.5, 0.6) is 0 Å². The van der Waals surface area contributed by atoms with Gasteiger partial charge in [-0.15, -0.1) is 0 Å². The fourth-order valence-electron chi connectivity index (χ4n) is 2.91. The maximum atomic E-state index is 2.31. The molecule has 0 atom stereocenters. The van der Waals surface area contributed by atoms with Gasteiger partial charge in [-0.3, -0.25) is 0 Å². The number of aryl methyl sites for hydroxylation is 2. The Hall–Kier alpha value is -1.56. The van der Waals surface area contributed by atoms with Crippen LogP contribution in [-0.2, 0) is 19.3 Å². The lowest BCUT2D eigenvalue weighted by atomic mass is 9.94. The van der Waals surface area contributed by atoms with Crippen LogP contribution in [-0.4, -0.2) is 0 Å². The molecule has 0 fully saturated rings. The second kappa shape index (κ2) is 8.67. The van der Waals surface area contributed by atoms with Gasteiger partial charge in [-0.2, -0.15) is 0 Å². The average Bonchev–Trinajstić information content (AvgIpc) is 2.49. The van der Waals surface area contributed by atoms with Gasteiger partial charge >= 0.3 is 0 Å². The lowest BCUT2D eigenvalue weighted by Crippen LogP contribution is -1.99. The van der Waals surface area contributed by atoms with Gasteiger partial charge in [0.25, 0.3) is 0 Å². The molecule has 2 aromatic carbocycles. The van der Waals surface area contributed by atoms with Crippen LogP contribution >= 0.6 is 0 Å². The van der Waals surface area contributed by atoms with Crippen LogP contribution in [0.3, 0.4) is 0 Å². The van der Waals surface area contributed by atoms with E-state index in [9.17, 15) is 0 Å². The Bertz CT molecular complexity index is 511. The SMILES string of the molecule is CC(C)Cc1ccccc1CCCCCc1ccccc1. The molecule has 2 rings (SSSR count). The molecule has 0 aliphatic carbocycles. The zero-order valence-corrected chi connectivity index (χ0v) is 13.5. The molecule has 0 amide bonds. The maximum Gasteiger partial charge on any atom is -0.0253 e. The normalized spacial score (nSPS) is 11.0. The summed E-state index contributed by atoms with van der Waals surface area (Å²) in [5.74, 6) is 0.740. The molecule has 0 bridgehead atoms. The smallest absolute Gasteiger partial charge is 0.0253 e. The topological polar surface area (TPSA) is 0 Å². The Balaban J connectivity index is 1.73. The van der Waals surface area contributed by atoms with Crippen LogP contribution in [0.25, 0.3) is 0 Å². The molecule has 0 aromatic heterocycles. The van der Waals surface area contributed by atoms with Gasteiger partial charge in [-0.05, 0) is 54.7 Å². The highest BCUT2D eigenvalue weighted by Crippen LogP contribution is 2.17. The quantitative estimate of drug-likeness (QED) is 0.533. The van der Waals surface area contributed by atoms with E-state index in [1.54, 1.807) is 11.1 Å². The predicted molar refractivity (Wildman–Crippen MR) is 92.7 cm³/mol. The van der Waals surface area contributed by atoms with E-state index in [0.717, 1.165) is 5.92 Å². The van der Waals surface area contributed by atoms with Gasteiger partial charge < -0.3 is 0 Å². The lowest BCUT2D eigenvalue weighted by molar-refractivity contribution is 0.633. The van der Waals surface area contributed by atoms with Crippen molar-refractivity contribution in [2.24, 2.45) is 5.92 Å². The first-order valence-electron chi connectivity index (χ1n) is 8.36. The number of hydrogen-bond acceptors (Lipinski definition) is 0. The van der Waals surface area contributed by atoms with E-state index in [-0.39, 0.29) is 0 Å². The van der Waals surface area contributed by atoms with E-state index >= 15 is 0 Å². The molecule has 0 heterocycles. The first kappa shape index (κ1) is 15.8. The second-order valence-corrected chi connectivity index (χ2v) is 6.41. The molecule has 112 valence electrons. The van der Waals surface area contributed by atoms with Crippen LogP contribution in [0.2, 0.25) is 0 Å². The highest BCUT2D eigenvalue weighted by molar-refractivity contribution is 5.27. The highest BCUT2D eigenvalue weighted by atomic mass is 14.1. The highest BCUT2D eigenvalue weighted by Gasteiger charge is 2.04. The van der Waals surface area contributed by atoms with Crippen LogP contribution in [0.1, 0.15) is 49.8 Å². The molecular weight excluding hydrogens is 252 g/mol. The van der Waals surface area contributed by atoms with Crippen molar-refractivity contribution >= 4 is 0 Å². The van der Waals surface area contributed by atoms with Crippen molar-refractivity contribution < 1.29 is 0 Å². The van der Waals surface area contributed by atoms with Gasteiger partial charge in [-0.1, -0.05) is 74.9 Å². The molecule has 0 heteroatoms. The minimum atomic E-state index is 0.740. The molecule has 0 spiro atoms. The van der Waals surface area contributed by atoms with Crippen LogP contribution in [0.4, 0.5) is 0 Å². The van der Waals surface area contributed by atoms with Gasteiger partial charge in [0.1, 0.15) is 0 Å². The molecule has 0 N–H and O–H groups in total. The van der Waals surface area contributed by atoms with E-state index in [0.29, 0.717) is 0 Å². The zero-order chi connectivity index (χ0) is 14.9. The molecule has 21 heavy (non-hydrogen) atoms. The number of unbranched alkanes of at least 4 members (excludes halogenated alkanes) is 2. The average molecular weight is 280 g/mol. The zero-order valence-electron chi connectivity index (χ0n) is 13.5. The van der Waals surface area contributed by atoms with Crippen molar-refractivity contribution in [3.05, 3.63) is 71.3 Å². The van der Waals surface area contributed by atoms with Gasteiger partial charge in [0.2, 0.25) is 0 Å². The van der Waals surface area contributed by atoms with Crippen LogP contribution in [0.15, 0.2) is 54.6 Å². The van der Waals surface area contributed by atoms with Crippen LogP contribution < -0.4 is 0 Å². The third kappa shape index (κ3) is 5.75. The standard InChI is InChI=1S/C21H28/c1-18(2)17-21-16-10-9-15-20(21)14-8-4-7-13-19-11-5-3-6-12-19/h3,5-6,9-12,15-16,18H,4,7-8,13-14,17H2,1-2H3. The molecule has 0 unspecified atom stereocenters. The third-order valence-electron chi connectivity index (χ3n) is 4.00. The summed E-state index contributed by atoms with van der Waals surface area (Å²) < 4.78 is 0. The third-order valence-corrected chi connectivity index (χ3v) is 4.00. The Morgan fingerprint density at radius 1 is 0.667 bits per heavy atom. The number of benzene rings is 2. The van der Waals surface area contributed by atoms with E-state index in [1.165, 1.54) is 44.1 Å². The van der Waals surface area contributed by atoms with Crippen LogP contribution in [0, 0.1) is 5.92 Å². The Morgan fingerprint density at radius 2 is 1.29 bits per heavy atom. The molecular formula is C21H28. The summed E-state index contributed by atoms with van der Waals surface area (Å²) in [6.07, 6.45) is 7.59. The van der Waals surface area contributed by atoms with E-state index in [2.05, 4.69) is 68.4 Å². The monoisotopic (exact) mass is 280 g/mol. The fraction of sp³-hybridized carbons (Fsp3) is 0.429. The van der Waals surface area contributed by atoms with Gasteiger partial charge in [0.05, 0.1) is 0 Å². The first-order valence-corrected chi connectivity index (χ1v) is 8.36. The minimum Gasteiger partial charge on any atom is -0.0625 e. The molecule has 0 aliphatic heterocycles. The fourth-order valence-corrected chi connectivity index (χ4v) is 2.91. The van der Waals surface area contributed by atoms with E-state index in [1.807, 2.05) is 0 Å². The van der Waals surface area contributed by atoms with Gasteiger partial charge in [0.15, 0.2) is 0 Å². The van der Waals surface area contributed by atoms with Crippen molar-refractivity contribution in [2.45, 2.75) is 52.4 Å². The largest absolute Gasteiger partial charge is 0.0625 e. The molecule has 0 saturated heterocycles. The molecule has 2 aromatic rings. The molecule has 0 radical (unpaired) electrons. The summed E-state index contributed by atoms with van der Waals surface area (Å²) in [4.78, 5) is 0. The molecule has 0 aliphatic rings. The lowest BCUT2D eigenvalue weighted by Gasteiger charge is -2.11. The summed E-state index contributed by atoms with van der Waals surface area (Å²) in [6, 6.07) is 19.8. The van der Waals surface area contributed by atoms with E-state index in [4.69, 9.17) is 0 Å². The Kier molecular flexibility index (Phi) is 6.53. The summed E-state index contributed by atoms with van der Waals surface area (Å²) in [7, 11) is 0. The summed E-state index contributed by atoms with van der Waals surface area (Å²) in [5, 5.41) is 0. The number of hydrogen-bond donors (Lipinski definition) is 0. The number of rotatable bonds is 8. The van der Waals surface area contributed by atoms with Gasteiger partial charge in [0, 0.05) is 0 Å². The summed E-state index contributed by atoms with van der Waals surface area (Å²) in [6.45, 7) is 4.60. The van der Waals surface area contributed by atoms with Crippen molar-refractivity contribution in [3.63, 3.8) is 0 Å². The summed E-state index contributed by atoms with van der Waals surface area (Å²) >= 11 is 0. The van der Waals surface area contributed by atoms with Gasteiger partial charge in [-0.25, -0.2) is 0 Å². The van der Waals surface area contributed by atoms with Crippen molar-refractivity contribution in [2.75, 3.05) is 0 Å². The van der Waals surface area contributed by atoms with Crippen molar-refractivity contribution in [3.8, 4) is 0 Å². The van der Waals surface area contributed by atoms with Crippen molar-refractivity contribution in [1.29, 1.82) is 0 Å². The Labute approximate surface area is 130 Å². The minimum absolute atomic E-state index is 0.740. The first-order chi connectivity index (χ1) is 10.3. The second-order valence-electron chi connectivity index (χ2n) is 6.41. The Morgan fingerprint density at radius 3 is 2.00 bits per heavy atom. The molecule has 0 nitrogen and oxygen atoms in total. The predicted octanol–water partition coefficient (Wildman–Crippen LogP) is 5.84. The molecule has 0 saturated carbocycles. The maximum absolute atomic E-state index is 2.31. The summed E-state index contributed by atoms with van der Waals surface area (Å²) in [5.41, 5.74) is 4.58. The van der Waals surface area contributed by atoms with Crippen molar-refractivity contribution in [1.82, 2.24) is 0 Å².